The minimum absolute atomic E-state index is 0.327. The maximum absolute atomic E-state index is 9.83. The second kappa shape index (κ2) is 7.06. The Bertz CT molecular complexity index is 282. The van der Waals surface area contributed by atoms with Crippen LogP contribution >= 0.6 is 0 Å². The molecular formula is C12H22O6. The lowest BCUT2D eigenvalue weighted by Gasteiger charge is -2.27. The van der Waals surface area contributed by atoms with Gasteiger partial charge in [-0.3, -0.25) is 0 Å². The highest BCUT2D eigenvalue weighted by Crippen LogP contribution is 2.27. The summed E-state index contributed by atoms with van der Waals surface area (Å²) in [7, 11) is 0. The lowest BCUT2D eigenvalue weighted by Crippen LogP contribution is -2.46. The molecule has 1 aliphatic carbocycles. The average Bonchev–Trinajstić information content (AvgIpc) is 2.44. The Morgan fingerprint density at radius 1 is 0.944 bits per heavy atom. The lowest BCUT2D eigenvalue weighted by atomic mass is 9.91. The minimum Gasteiger partial charge on any atom is -0.509 e. The molecular weight excluding hydrogens is 240 g/mol. The molecule has 1 rings (SSSR count). The Kier molecular flexibility index (Phi) is 6.04. The highest BCUT2D eigenvalue weighted by Gasteiger charge is 2.33. The van der Waals surface area contributed by atoms with Gasteiger partial charge in [0.1, 0.15) is 30.2 Å². The van der Waals surface area contributed by atoms with Crippen LogP contribution in [0.25, 0.3) is 0 Å². The third-order valence-electron chi connectivity index (χ3n) is 3.35. The van der Waals surface area contributed by atoms with Gasteiger partial charge in [-0.1, -0.05) is 6.42 Å². The van der Waals surface area contributed by atoms with Crippen molar-refractivity contribution in [1.82, 2.24) is 0 Å². The van der Waals surface area contributed by atoms with Gasteiger partial charge in [-0.15, -0.1) is 0 Å². The highest BCUT2D eigenvalue weighted by molar-refractivity contribution is 5.15. The largest absolute Gasteiger partial charge is 0.509 e. The van der Waals surface area contributed by atoms with Gasteiger partial charge in [0.15, 0.2) is 0 Å². The van der Waals surface area contributed by atoms with Crippen molar-refractivity contribution in [2.75, 3.05) is 6.61 Å². The summed E-state index contributed by atoms with van der Waals surface area (Å²) in [5.41, 5.74) is 0.679. The summed E-state index contributed by atoms with van der Waals surface area (Å²) in [4.78, 5) is 0. The zero-order chi connectivity index (χ0) is 13.7. The van der Waals surface area contributed by atoms with Crippen molar-refractivity contribution < 1.29 is 30.6 Å². The molecule has 0 bridgehead atoms. The fourth-order valence-electron chi connectivity index (χ4n) is 2.13. The molecule has 0 heterocycles. The maximum atomic E-state index is 9.83. The quantitative estimate of drug-likeness (QED) is 0.361. The minimum atomic E-state index is -1.73. The van der Waals surface area contributed by atoms with Crippen molar-refractivity contribution in [3.63, 3.8) is 0 Å². The molecule has 0 radical (unpaired) electrons. The molecule has 0 saturated heterocycles. The first-order valence-corrected chi connectivity index (χ1v) is 6.23. The van der Waals surface area contributed by atoms with E-state index < -0.39 is 31.0 Å². The molecule has 6 N–H and O–H groups in total. The van der Waals surface area contributed by atoms with E-state index in [1.165, 1.54) is 0 Å². The van der Waals surface area contributed by atoms with E-state index in [-0.39, 0.29) is 5.76 Å². The van der Waals surface area contributed by atoms with Gasteiger partial charge >= 0.3 is 0 Å². The average molecular weight is 262 g/mol. The zero-order valence-corrected chi connectivity index (χ0v) is 10.2. The molecule has 6 nitrogen and oxygen atoms in total. The third kappa shape index (κ3) is 3.66. The summed E-state index contributed by atoms with van der Waals surface area (Å²) in [6, 6.07) is 0. The van der Waals surface area contributed by atoms with Crippen LogP contribution in [0.15, 0.2) is 11.3 Å². The molecule has 4 unspecified atom stereocenters. The van der Waals surface area contributed by atoms with Gasteiger partial charge in [0.2, 0.25) is 0 Å². The van der Waals surface area contributed by atoms with E-state index in [9.17, 15) is 20.4 Å². The van der Waals surface area contributed by atoms with E-state index in [1.54, 1.807) is 0 Å². The summed E-state index contributed by atoms with van der Waals surface area (Å²) >= 11 is 0. The lowest BCUT2D eigenvalue weighted by molar-refractivity contribution is -0.113. The maximum Gasteiger partial charge on any atom is 0.139 e. The topological polar surface area (TPSA) is 121 Å². The van der Waals surface area contributed by atoms with Crippen molar-refractivity contribution in [2.45, 2.75) is 56.5 Å². The Labute approximate surface area is 106 Å². The van der Waals surface area contributed by atoms with Gasteiger partial charge in [0, 0.05) is 0 Å². The van der Waals surface area contributed by atoms with Gasteiger partial charge in [0.05, 0.1) is 6.61 Å². The number of hydrogen-bond acceptors (Lipinski definition) is 6. The van der Waals surface area contributed by atoms with E-state index >= 15 is 0 Å². The van der Waals surface area contributed by atoms with Crippen LogP contribution in [0.3, 0.4) is 0 Å². The van der Waals surface area contributed by atoms with Crippen LogP contribution in [0.1, 0.15) is 32.1 Å². The first-order valence-electron chi connectivity index (χ1n) is 6.23. The number of hydrogen-bond donors (Lipinski definition) is 6. The normalized spacial score (nSPS) is 23.3. The van der Waals surface area contributed by atoms with E-state index in [0.29, 0.717) is 18.4 Å². The van der Waals surface area contributed by atoms with E-state index in [4.69, 9.17) is 10.2 Å². The van der Waals surface area contributed by atoms with Crippen LogP contribution in [0, 0.1) is 0 Å². The molecule has 6 heteroatoms. The molecule has 0 aromatic rings. The number of aliphatic hydroxyl groups excluding tert-OH is 6. The third-order valence-corrected chi connectivity index (χ3v) is 3.35. The number of rotatable bonds is 5. The molecule has 1 fully saturated rings. The second-order valence-corrected chi connectivity index (χ2v) is 4.73. The first kappa shape index (κ1) is 15.4. The molecule has 0 aromatic heterocycles. The van der Waals surface area contributed by atoms with Crippen LogP contribution in [-0.4, -0.2) is 61.7 Å². The van der Waals surface area contributed by atoms with E-state index in [1.807, 2.05) is 0 Å². The van der Waals surface area contributed by atoms with Gasteiger partial charge in [-0.05, 0) is 31.3 Å². The molecule has 1 saturated carbocycles. The first-order chi connectivity index (χ1) is 8.49. The Hall–Kier alpha value is -0.660. The Balaban J connectivity index is 2.70. The van der Waals surface area contributed by atoms with Crippen LogP contribution < -0.4 is 0 Å². The van der Waals surface area contributed by atoms with Crippen molar-refractivity contribution in [3.8, 4) is 0 Å². The molecule has 0 aliphatic heterocycles. The number of allylic oxidation sites excluding steroid dienone is 1. The fraction of sp³-hybridized carbons (Fsp3) is 0.833. The van der Waals surface area contributed by atoms with Crippen LogP contribution in [0.5, 0.6) is 0 Å². The fourth-order valence-corrected chi connectivity index (χ4v) is 2.13. The van der Waals surface area contributed by atoms with Gasteiger partial charge in [-0.25, -0.2) is 0 Å². The Morgan fingerprint density at radius 3 is 2.00 bits per heavy atom. The molecule has 106 valence electrons. The molecule has 1 aliphatic rings. The van der Waals surface area contributed by atoms with Gasteiger partial charge < -0.3 is 30.6 Å². The molecule has 4 atom stereocenters. The zero-order valence-electron chi connectivity index (χ0n) is 10.2. The summed E-state index contributed by atoms with van der Waals surface area (Å²) in [6.07, 6.45) is -2.41. The van der Waals surface area contributed by atoms with Crippen molar-refractivity contribution in [3.05, 3.63) is 11.3 Å². The second-order valence-electron chi connectivity index (χ2n) is 4.73. The van der Waals surface area contributed by atoms with E-state index in [2.05, 4.69) is 0 Å². The van der Waals surface area contributed by atoms with Gasteiger partial charge in [0.25, 0.3) is 0 Å². The van der Waals surface area contributed by atoms with Gasteiger partial charge in [-0.2, -0.15) is 0 Å². The van der Waals surface area contributed by atoms with Crippen molar-refractivity contribution in [1.29, 1.82) is 0 Å². The predicted octanol–water partition coefficient (Wildman–Crippen LogP) is -0.801. The smallest absolute Gasteiger partial charge is 0.139 e. The summed E-state index contributed by atoms with van der Waals surface area (Å²) in [6.45, 7) is -0.734. The van der Waals surface area contributed by atoms with Crippen LogP contribution in [0.4, 0.5) is 0 Å². The predicted molar refractivity (Wildman–Crippen MR) is 63.9 cm³/mol. The summed E-state index contributed by atoms with van der Waals surface area (Å²) in [5, 5.41) is 56.5. The van der Waals surface area contributed by atoms with E-state index in [0.717, 1.165) is 19.3 Å². The molecule has 0 spiro atoms. The Morgan fingerprint density at radius 2 is 1.50 bits per heavy atom. The van der Waals surface area contributed by atoms with Crippen LogP contribution in [-0.2, 0) is 0 Å². The highest BCUT2D eigenvalue weighted by atomic mass is 16.4. The number of aliphatic hydroxyl groups is 6. The SMILES string of the molecule is OCC(O)C(O)C(O)C(O)C(O)=C1CCCCC1. The standard InChI is InChI=1S/C12H22O6/c13-6-8(14)10(16)12(18)11(17)9(15)7-4-2-1-3-5-7/h8,10-18H,1-6H2. The summed E-state index contributed by atoms with van der Waals surface area (Å²) < 4.78 is 0. The molecule has 0 amide bonds. The molecule has 0 aromatic carbocycles. The van der Waals surface area contributed by atoms with Crippen molar-refractivity contribution in [2.24, 2.45) is 0 Å². The molecule has 18 heavy (non-hydrogen) atoms. The van der Waals surface area contributed by atoms with Crippen molar-refractivity contribution >= 4 is 0 Å². The monoisotopic (exact) mass is 262 g/mol. The summed E-state index contributed by atoms with van der Waals surface area (Å²) in [5.74, 6) is -0.327. The van der Waals surface area contributed by atoms with Crippen LogP contribution in [0.2, 0.25) is 0 Å².